The monoisotopic (exact) mass is 219 g/mol. The summed E-state index contributed by atoms with van der Waals surface area (Å²) in [7, 11) is -2.12. The molecule has 0 aromatic rings. The number of carbonyl (C=O) groups is 1. The molecule has 1 N–H and O–H groups in total. The number of hydrogen-bond donors (Lipinski definition) is 1. The molecule has 0 bridgehead atoms. The van der Waals surface area contributed by atoms with Gasteiger partial charge >= 0.3 is 8.56 Å². The van der Waals surface area contributed by atoms with Gasteiger partial charge in [-0.25, -0.2) is 0 Å². The molecule has 0 aliphatic heterocycles. The molecule has 84 valence electrons. The van der Waals surface area contributed by atoms with E-state index in [0.29, 0.717) is 13.2 Å². The minimum Gasteiger partial charge on any atom is -0.395 e. The van der Waals surface area contributed by atoms with E-state index in [1.165, 1.54) is 0 Å². The molecule has 0 saturated carbocycles. The number of amides is 1. The summed E-state index contributed by atoms with van der Waals surface area (Å²) in [5.74, 6) is -0.0761. The van der Waals surface area contributed by atoms with E-state index >= 15 is 0 Å². The van der Waals surface area contributed by atoms with E-state index in [0.717, 1.165) is 0 Å². The van der Waals surface area contributed by atoms with E-state index in [9.17, 15) is 4.79 Å². The van der Waals surface area contributed by atoms with Crippen LogP contribution in [0, 0.1) is 0 Å². The maximum Gasteiger partial charge on any atom is 0.332 e. The Labute approximate surface area is 87.2 Å². The fourth-order valence-electron chi connectivity index (χ4n) is 1.18. The van der Waals surface area contributed by atoms with E-state index in [4.69, 9.17) is 8.85 Å². The molecule has 0 heterocycles. The van der Waals surface area contributed by atoms with Crippen LogP contribution in [0.25, 0.3) is 0 Å². The zero-order valence-corrected chi connectivity index (χ0v) is 10.7. The summed E-state index contributed by atoms with van der Waals surface area (Å²) in [6.45, 7) is 10.7. The largest absolute Gasteiger partial charge is 0.395 e. The van der Waals surface area contributed by atoms with E-state index in [1.807, 2.05) is 26.9 Å². The molecule has 0 aliphatic carbocycles. The van der Waals surface area contributed by atoms with Gasteiger partial charge in [-0.15, -0.1) is 0 Å². The minimum absolute atomic E-state index is 0.0761. The molecule has 0 radical (unpaired) electrons. The maximum absolute atomic E-state index is 11.4. The molecular formula is C9H21NO3Si. The lowest BCUT2D eigenvalue weighted by molar-refractivity contribution is -0.128. The first-order valence-corrected chi connectivity index (χ1v) is 7.84. The summed E-state index contributed by atoms with van der Waals surface area (Å²) in [4.78, 5) is 11.4. The van der Waals surface area contributed by atoms with Crippen molar-refractivity contribution < 1.29 is 13.6 Å². The fraction of sp³-hybridized carbons (Fsp3) is 0.889. The summed E-state index contributed by atoms with van der Waals surface area (Å²) in [5.41, 5.74) is 0. The molecule has 0 aliphatic rings. The molecule has 0 saturated heterocycles. The summed E-state index contributed by atoms with van der Waals surface area (Å²) in [6.07, 6.45) is -0.428. The van der Waals surface area contributed by atoms with Crippen molar-refractivity contribution >= 4 is 14.5 Å². The average molecular weight is 219 g/mol. The van der Waals surface area contributed by atoms with Crippen molar-refractivity contribution in [1.29, 1.82) is 0 Å². The van der Waals surface area contributed by atoms with Crippen molar-refractivity contribution in [3.63, 3.8) is 0 Å². The summed E-state index contributed by atoms with van der Waals surface area (Å²) in [5, 5.41) is 2.71. The molecule has 5 heteroatoms. The molecule has 0 rings (SSSR count). The Morgan fingerprint density at radius 2 is 2.00 bits per heavy atom. The Balaban J connectivity index is 4.03. The van der Waals surface area contributed by atoms with Gasteiger partial charge in [0.15, 0.2) is 0 Å². The lowest BCUT2D eigenvalue weighted by atomic mass is 10.4. The highest BCUT2D eigenvalue weighted by molar-refractivity contribution is 6.64. The number of carbonyl (C=O) groups excluding carboxylic acids is 1. The van der Waals surface area contributed by atoms with Crippen molar-refractivity contribution in [2.45, 2.75) is 40.0 Å². The first-order chi connectivity index (χ1) is 6.43. The topological polar surface area (TPSA) is 47.6 Å². The van der Waals surface area contributed by atoms with Gasteiger partial charge in [0.05, 0.1) is 0 Å². The maximum atomic E-state index is 11.4. The van der Waals surface area contributed by atoms with Crippen LogP contribution in [0.5, 0.6) is 0 Å². The molecule has 0 spiro atoms. The third-order valence-electron chi connectivity index (χ3n) is 1.67. The van der Waals surface area contributed by atoms with Crippen LogP contribution < -0.4 is 5.32 Å². The van der Waals surface area contributed by atoms with Gasteiger partial charge in [-0.3, -0.25) is 4.79 Å². The summed E-state index contributed by atoms with van der Waals surface area (Å²) >= 11 is 0. The molecule has 0 aromatic heterocycles. The SMILES string of the molecule is CCNC(=O)C(C)O[Si](C)(C)OCC. The second-order valence-corrected chi connectivity index (χ2v) is 6.81. The number of rotatable bonds is 6. The lowest BCUT2D eigenvalue weighted by Crippen LogP contribution is -2.44. The van der Waals surface area contributed by atoms with Gasteiger partial charge in [0, 0.05) is 13.2 Å². The third-order valence-corrected chi connectivity index (χ3v) is 3.58. The summed E-state index contributed by atoms with van der Waals surface area (Å²) < 4.78 is 11.1. The zero-order valence-electron chi connectivity index (χ0n) is 9.72. The van der Waals surface area contributed by atoms with Crippen LogP contribution in [0.4, 0.5) is 0 Å². The predicted octanol–water partition coefficient (Wildman–Crippen LogP) is 1.27. The van der Waals surface area contributed by atoms with Crippen LogP contribution in [-0.2, 0) is 13.6 Å². The van der Waals surface area contributed by atoms with Gasteiger partial charge in [0.1, 0.15) is 6.10 Å². The molecule has 14 heavy (non-hydrogen) atoms. The highest BCUT2D eigenvalue weighted by Crippen LogP contribution is 2.09. The Kier molecular flexibility index (Phi) is 5.99. The minimum atomic E-state index is -2.12. The van der Waals surface area contributed by atoms with Gasteiger partial charge in [-0.1, -0.05) is 0 Å². The predicted molar refractivity (Wildman–Crippen MR) is 58.3 cm³/mol. The zero-order chi connectivity index (χ0) is 11.2. The Bertz CT molecular complexity index is 185. The quantitative estimate of drug-likeness (QED) is 0.684. The van der Waals surface area contributed by atoms with Crippen molar-refractivity contribution in [3.05, 3.63) is 0 Å². The number of likely N-dealkylation sites (N-methyl/N-ethyl adjacent to an activating group) is 1. The molecule has 1 atom stereocenters. The second kappa shape index (κ2) is 6.16. The Morgan fingerprint density at radius 1 is 1.43 bits per heavy atom. The van der Waals surface area contributed by atoms with Crippen LogP contribution in [0.3, 0.4) is 0 Å². The first-order valence-electron chi connectivity index (χ1n) is 5.02. The molecule has 0 fully saturated rings. The van der Waals surface area contributed by atoms with E-state index < -0.39 is 14.7 Å². The Morgan fingerprint density at radius 3 is 2.43 bits per heavy atom. The average Bonchev–Trinajstić information content (AvgIpc) is 2.03. The van der Waals surface area contributed by atoms with Gasteiger partial charge in [-0.05, 0) is 33.9 Å². The highest BCUT2D eigenvalue weighted by Gasteiger charge is 2.29. The van der Waals surface area contributed by atoms with Crippen LogP contribution in [0.2, 0.25) is 13.1 Å². The van der Waals surface area contributed by atoms with Gasteiger partial charge in [0.25, 0.3) is 0 Å². The van der Waals surface area contributed by atoms with Gasteiger partial charge < -0.3 is 14.2 Å². The van der Waals surface area contributed by atoms with Crippen molar-refractivity contribution in [1.82, 2.24) is 5.32 Å². The lowest BCUT2D eigenvalue weighted by Gasteiger charge is -2.25. The van der Waals surface area contributed by atoms with E-state index in [1.54, 1.807) is 6.92 Å². The van der Waals surface area contributed by atoms with Crippen LogP contribution in [-0.4, -0.2) is 33.7 Å². The number of hydrogen-bond acceptors (Lipinski definition) is 3. The third kappa shape index (κ3) is 5.36. The van der Waals surface area contributed by atoms with Gasteiger partial charge in [-0.2, -0.15) is 0 Å². The molecular weight excluding hydrogens is 198 g/mol. The smallest absolute Gasteiger partial charge is 0.332 e. The molecule has 4 nitrogen and oxygen atoms in total. The summed E-state index contributed by atoms with van der Waals surface area (Å²) in [6, 6.07) is 0. The van der Waals surface area contributed by atoms with E-state index in [-0.39, 0.29) is 5.91 Å². The van der Waals surface area contributed by atoms with Crippen LogP contribution in [0.1, 0.15) is 20.8 Å². The van der Waals surface area contributed by atoms with E-state index in [2.05, 4.69) is 5.32 Å². The Hall–Kier alpha value is -0.393. The molecule has 1 unspecified atom stereocenters. The van der Waals surface area contributed by atoms with Crippen molar-refractivity contribution in [2.75, 3.05) is 13.2 Å². The van der Waals surface area contributed by atoms with Crippen LogP contribution in [0.15, 0.2) is 0 Å². The first kappa shape index (κ1) is 13.6. The van der Waals surface area contributed by atoms with Crippen molar-refractivity contribution in [2.24, 2.45) is 0 Å². The van der Waals surface area contributed by atoms with Crippen LogP contribution >= 0.6 is 0 Å². The standard InChI is InChI=1S/C9H21NO3Si/c1-6-10-9(11)8(3)13-14(4,5)12-7-2/h8H,6-7H2,1-5H3,(H,10,11). The fourth-order valence-corrected chi connectivity index (χ4v) is 2.90. The molecule has 1 amide bonds. The normalized spacial score (nSPS) is 13.8. The highest BCUT2D eigenvalue weighted by atomic mass is 28.4. The van der Waals surface area contributed by atoms with Gasteiger partial charge in [0.2, 0.25) is 5.91 Å². The van der Waals surface area contributed by atoms with Crippen molar-refractivity contribution in [3.8, 4) is 0 Å². The second-order valence-electron chi connectivity index (χ2n) is 3.49. The number of nitrogens with one attached hydrogen (secondary N) is 1. The molecule has 0 aromatic carbocycles.